The van der Waals surface area contributed by atoms with Crippen LogP contribution in [-0.4, -0.2) is 146 Å². The zero-order valence-electron chi connectivity index (χ0n) is 42.2. The van der Waals surface area contributed by atoms with E-state index in [9.17, 15) is 19.5 Å². The molecule has 7 fully saturated rings. The maximum Gasteiger partial charge on any atom is 0.276 e. The normalized spacial score (nSPS) is 27.6. The van der Waals surface area contributed by atoms with E-state index in [1.807, 2.05) is 24.5 Å². The van der Waals surface area contributed by atoms with Gasteiger partial charge in [0, 0.05) is 80.3 Å². The summed E-state index contributed by atoms with van der Waals surface area (Å²) in [6.45, 7) is 7.22. The molecule has 2 aliphatic carbocycles. The molecule has 12 rings (SSSR count). The molecule has 3 N–H and O–H groups in total. The number of hydrogen-bond donors (Lipinski definition) is 3. The Bertz CT molecular complexity index is 2770. The fourth-order valence-electron chi connectivity index (χ4n) is 13.3. The van der Waals surface area contributed by atoms with Crippen LogP contribution >= 0.6 is 0 Å². The van der Waals surface area contributed by atoms with E-state index in [0.29, 0.717) is 63.7 Å². The standard InChI is InChI=1S/C55H69F2N11O5/c1-33(2)67-32-59-44-29-43(61-49(48(44)67)60-37-8-9-37)35-6-11-41-45(26-35)68(39-27-38(28-39)63-19-4-3-5-20-63)53(73)54(41)17-24-65(25-18-54)52(72)42-16-23-66(31-55(42,56)57)51(71)34-14-21-64(22-15-34)46-12-7-36(30-58-46)40-10-13-47(69)62-50(40)70/h6-7,11-12,26,29-30,32-34,37-40,42,47,69H,3-5,8-10,13-25,27-28,31H2,1-2H3,(H,60,61)(H,62,70). The molecule has 0 radical (unpaired) electrons. The Labute approximate surface area is 425 Å². The summed E-state index contributed by atoms with van der Waals surface area (Å²) in [6, 6.07) is 13.1. The predicted molar refractivity (Wildman–Crippen MR) is 272 cm³/mol. The number of piperidine rings is 5. The summed E-state index contributed by atoms with van der Waals surface area (Å²) in [5.41, 5.74) is 5.28. The monoisotopic (exact) mass is 1000 g/mol. The number of nitrogens with one attached hydrogen (secondary N) is 2. The number of alkyl halides is 2. The first kappa shape index (κ1) is 48.2. The number of likely N-dealkylation sites (tertiary alicyclic amines) is 3. The molecule has 4 amide bonds. The highest BCUT2D eigenvalue weighted by Crippen LogP contribution is 2.53. The van der Waals surface area contributed by atoms with Gasteiger partial charge in [-0.2, -0.15) is 0 Å². The first-order valence-corrected chi connectivity index (χ1v) is 27.3. The number of imidazole rings is 1. The number of rotatable bonds is 10. The molecule has 3 aromatic heterocycles. The van der Waals surface area contributed by atoms with E-state index in [0.717, 1.165) is 89.5 Å². The number of fused-ring (bicyclic) bond motifs is 3. The second kappa shape index (κ2) is 18.9. The van der Waals surface area contributed by atoms with Gasteiger partial charge in [0.2, 0.25) is 23.6 Å². The maximum atomic E-state index is 16.3. The van der Waals surface area contributed by atoms with Crippen molar-refractivity contribution in [1.82, 2.24) is 39.5 Å². The van der Waals surface area contributed by atoms with Gasteiger partial charge in [0.05, 0.1) is 35.4 Å². The molecule has 16 nitrogen and oxygen atoms in total. The summed E-state index contributed by atoms with van der Waals surface area (Å²) in [5.74, 6) is -5.26. The van der Waals surface area contributed by atoms with E-state index in [4.69, 9.17) is 9.97 Å². The fourth-order valence-corrected chi connectivity index (χ4v) is 13.3. The van der Waals surface area contributed by atoms with E-state index in [2.05, 4.69) is 66.9 Å². The number of carbonyl (C=O) groups excluding carboxylic acids is 4. The largest absolute Gasteiger partial charge is 0.374 e. The van der Waals surface area contributed by atoms with Crippen molar-refractivity contribution < 1.29 is 33.1 Å². The molecule has 8 aliphatic rings. The molecule has 3 unspecified atom stereocenters. The van der Waals surface area contributed by atoms with Crippen LogP contribution in [0, 0.1) is 11.8 Å². The predicted octanol–water partition coefficient (Wildman–Crippen LogP) is 6.58. The molecular weight excluding hydrogens is 933 g/mol. The van der Waals surface area contributed by atoms with Crippen molar-refractivity contribution in [2.75, 3.05) is 67.5 Å². The number of anilines is 3. The molecular formula is C55H69F2N11O5. The summed E-state index contributed by atoms with van der Waals surface area (Å²) in [5, 5.41) is 16.0. The van der Waals surface area contributed by atoms with Gasteiger partial charge in [0.25, 0.3) is 5.92 Å². The number of benzene rings is 1. The number of pyridine rings is 2. The highest BCUT2D eigenvalue weighted by molar-refractivity contribution is 6.09. The van der Waals surface area contributed by atoms with Crippen LogP contribution in [0.25, 0.3) is 22.3 Å². The van der Waals surface area contributed by atoms with Gasteiger partial charge >= 0.3 is 0 Å². The molecule has 6 aliphatic heterocycles. The summed E-state index contributed by atoms with van der Waals surface area (Å²) >= 11 is 0. The maximum absolute atomic E-state index is 16.3. The lowest BCUT2D eigenvalue weighted by molar-refractivity contribution is -0.170. The molecule has 9 heterocycles. The Balaban J connectivity index is 0.714. The number of halogens is 2. The molecule has 18 heteroatoms. The van der Waals surface area contributed by atoms with Crippen molar-refractivity contribution in [1.29, 1.82) is 0 Å². The molecule has 73 heavy (non-hydrogen) atoms. The third-order valence-electron chi connectivity index (χ3n) is 17.9. The summed E-state index contributed by atoms with van der Waals surface area (Å²) in [7, 11) is 0. The van der Waals surface area contributed by atoms with E-state index < -0.39 is 41.9 Å². The van der Waals surface area contributed by atoms with Gasteiger partial charge in [-0.05, 0) is 140 Å². The number of aliphatic hydroxyl groups is 1. The Morgan fingerprint density at radius 1 is 0.822 bits per heavy atom. The van der Waals surface area contributed by atoms with Crippen LogP contribution in [0.15, 0.2) is 48.9 Å². The zero-order valence-corrected chi connectivity index (χ0v) is 42.2. The second-order valence-corrected chi connectivity index (χ2v) is 22.8. The third-order valence-corrected chi connectivity index (χ3v) is 17.9. The molecule has 3 atom stereocenters. The minimum atomic E-state index is -3.41. The van der Waals surface area contributed by atoms with Crippen molar-refractivity contribution in [3.8, 4) is 11.3 Å². The number of nitrogens with zero attached hydrogens (tertiary/aromatic N) is 9. The Morgan fingerprint density at radius 2 is 1.59 bits per heavy atom. The summed E-state index contributed by atoms with van der Waals surface area (Å²) in [4.78, 5) is 79.8. The Morgan fingerprint density at radius 3 is 2.27 bits per heavy atom. The first-order valence-electron chi connectivity index (χ1n) is 27.3. The third kappa shape index (κ3) is 8.80. The molecule has 4 aromatic rings. The van der Waals surface area contributed by atoms with Gasteiger partial charge in [0.15, 0.2) is 5.82 Å². The number of amides is 4. The minimum absolute atomic E-state index is 0.0426. The average molecular weight is 1000 g/mol. The van der Waals surface area contributed by atoms with Crippen LogP contribution < -0.4 is 20.4 Å². The van der Waals surface area contributed by atoms with Gasteiger partial charge in [-0.3, -0.25) is 19.2 Å². The smallest absolute Gasteiger partial charge is 0.276 e. The number of aliphatic hydroxyl groups excluding tert-OH is 1. The van der Waals surface area contributed by atoms with Gasteiger partial charge < -0.3 is 44.8 Å². The van der Waals surface area contributed by atoms with Crippen LogP contribution in [0.1, 0.15) is 127 Å². The lowest BCUT2D eigenvalue weighted by atomic mass is 9.73. The van der Waals surface area contributed by atoms with Crippen LogP contribution in [-0.2, 0) is 24.6 Å². The molecule has 1 aromatic carbocycles. The van der Waals surface area contributed by atoms with Gasteiger partial charge in [-0.25, -0.2) is 23.7 Å². The highest BCUT2D eigenvalue weighted by atomic mass is 19.3. The average Bonchev–Trinajstić information content (AvgIpc) is 4.04. The molecule has 0 bridgehead atoms. The van der Waals surface area contributed by atoms with E-state index in [1.54, 1.807) is 11.1 Å². The first-order chi connectivity index (χ1) is 35.2. The second-order valence-electron chi connectivity index (χ2n) is 22.8. The lowest BCUT2D eigenvalue weighted by Crippen LogP contribution is -2.60. The van der Waals surface area contributed by atoms with Gasteiger partial charge in [-0.1, -0.05) is 24.6 Å². The molecule has 5 saturated heterocycles. The highest BCUT2D eigenvalue weighted by Gasteiger charge is 2.58. The number of aromatic nitrogens is 4. The van der Waals surface area contributed by atoms with Crippen LogP contribution in [0.3, 0.4) is 0 Å². The summed E-state index contributed by atoms with van der Waals surface area (Å²) in [6.07, 6.45) is 13.0. The topological polar surface area (TPSA) is 172 Å². The Hall–Kier alpha value is -5.75. The molecule has 388 valence electrons. The van der Waals surface area contributed by atoms with Crippen LogP contribution in [0.4, 0.5) is 26.1 Å². The van der Waals surface area contributed by atoms with Crippen LogP contribution in [0.2, 0.25) is 0 Å². The SMILES string of the molecule is CC(C)n1cnc2cc(-c3ccc4c(c3)N(C3CC(N5CCCCC5)C3)C(=O)C43CCN(C(=O)C4CCN(C(=O)C5CCN(c6ccc(C7CCC(O)NC7=O)cn6)CC5)CC4(F)F)CC3)nc(NC3CC3)c21. The number of carbonyl (C=O) groups is 4. The van der Waals surface area contributed by atoms with E-state index >= 15 is 13.6 Å². The lowest BCUT2D eigenvalue weighted by Gasteiger charge is -2.48. The van der Waals surface area contributed by atoms with Gasteiger partial charge in [0.1, 0.15) is 23.5 Å². The van der Waals surface area contributed by atoms with E-state index in [1.165, 1.54) is 24.2 Å². The number of hydrogen-bond acceptors (Lipinski definition) is 11. The Kier molecular flexibility index (Phi) is 12.5. The summed E-state index contributed by atoms with van der Waals surface area (Å²) < 4.78 is 34.7. The van der Waals surface area contributed by atoms with Crippen LogP contribution in [0.5, 0.6) is 0 Å². The van der Waals surface area contributed by atoms with Crippen molar-refractivity contribution >= 4 is 52.0 Å². The van der Waals surface area contributed by atoms with Crippen molar-refractivity contribution in [2.24, 2.45) is 11.8 Å². The van der Waals surface area contributed by atoms with Gasteiger partial charge in [-0.15, -0.1) is 0 Å². The minimum Gasteiger partial charge on any atom is -0.374 e. The van der Waals surface area contributed by atoms with E-state index in [-0.39, 0.29) is 61.8 Å². The molecule has 2 saturated carbocycles. The fraction of sp³-hybridized carbons (Fsp3) is 0.618. The van der Waals surface area contributed by atoms with Crippen molar-refractivity contribution in [3.63, 3.8) is 0 Å². The van der Waals surface area contributed by atoms with Crippen molar-refractivity contribution in [3.05, 3.63) is 60.0 Å². The zero-order chi connectivity index (χ0) is 50.3. The molecule has 1 spiro atoms. The van der Waals surface area contributed by atoms with Crippen molar-refractivity contribution in [2.45, 2.75) is 151 Å². The quantitative estimate of drug-likeness (QED) is 0.157.